The van der Waals surface area contributed by atoms with Gasteiger partial charge in [0, 0.05) is 42.7 Å². The molecule has 0 aromatic carbocycles. The average Bonchev–Trinajstić information content (AvgIpc) is 3.52. The number of carbonyl (C=O) groups excluding carboxylic acids is 1. The maximum Gasteiger partial charge on any atom is 0.320 e. The molecule has 2 N–H and O–H groups in total. The van der Waals surface area contributed by atoms with Crippen molar-refractivity contribution >= 4 is 22.9 Å². The third-order valence-corrected chi connectivity index (χ3v) is 6.88. The first kappa shape index (κ1) is 21.8. The summed E-state index contributed by atoms with van der Waals surface area (Å²) in [6.45, 7) is 5.70. The summed E-state index contributed by atoms with van der Waals surface area (Å²) >= 11 is 0. The van der Waals surface area contributed by atoms with Gasteiger partial charge >= 0.3 is 6.03 Å². The Labute approximate surface area is 194 Å². The molecule has 0 spiro atoms. The Morgan fingerprint density at radius 3 is 2.67 bits per heavy atom. The number of nitrogens with one attached hydrogen (secondary N) is 2. The van der Waals surface area contributed by atoms with Crippen LogP contribution in [0, 0.1) is 0 Å². The summed E-state index contributed by atoms with van der Waals surface area (Å²) in [7, 11) is 0. The van der Waals surface area contributed by atoms with Gasteiger partial charge in [0.1, 0.15) is 5.82 Å². The van der Waals surface area contributed by atoms with Gasteiger partial charge in [-0.2, -0.15) is 5.10 Å². The smallest absolute Gasteiger partial charge is 0.320 e. The maximum atomic E-state index is 12.3. The molecule has 0 unspecified atom stereocenters. The SMILES string of the molecule is CCCN1CCC(n2cc(-c3cnc4ccc(NC(=O)NC5CCCC5)nc4c3)cn2)CC1. The number of rotatable bonds is 6. The second-order valence-corrected chi connectivity index (χ2v) is 9.32. The van der Waals surface area contributed by atoms with Crippen LogP contribution in [-0.4, -0.2) is 56.4 Å². The van der Waals surface area contributed by atoms with E-state index in [1.54, 1.807) is 6.07 Å². The van der Waals surface area contributed by atoms with Gasteiger partial charge in [-0.05, 0) is 56.8 Å². The van der Waals surface area contributed by atoms with Crippen molar-refractivity contribution < 1.29 is 4.79 Å². The summed E-state index contributed by atoms with van der Waals surface area (Å²) < 4.78 is 2.11. The first-order chi connectivity index (χ1) is 16.2. The molecule has 8 heteroatoms. The lowest BCUT2D eigenvalue weighted by atomic mass is 10.1. The lowest BCUT2D eigenvalue weighted by Crippen LogP contribution is -2.36. The highest BCUT2D eigenvalue weighted by Gasteiger charge is 2.21. The van der Waals surface area contributed by atoms with Crippen LogP contribution in [0.2, 0.25) is 0 Å². The Balaban J connectivity index is 1.27. The number of likely N-dealkylation sites (tertiary alicyclic amines) is 1. The van der Waals surface area contributed by atoms with E-state index < -0.39 is 0 Å². The molecule has 1 aliphatic heterocycles. The summed E-state index contributed by atoms with van der Waals surface area (Å²) in [6, 6.07) is 6.25. The van der Waals surface area contributed by atoms with E-state index in [2.05, 4.69) is 48.4 Å². The quantitative estimate of drug-likeness (QED) is 0.576. The van der Waals surface area contributed by atoms with Crippen LogP contribution in [0.5, 0.6) is 0 Å². The van der Waals surface area contributed by atoms with Crippen molar-refractivity contribution in [3.63, 3.8) is 0 Å². The zero-order valence-corrected chi connectivity index (χ0v) is 19.3. The first-order valence-electron chi connectivity index (χ1n) is 12.3. The van der Waals surface area contributed by atoms with Gasteiger partial charge in [-0.15, -0.1) is 0 Å². The number of hydrogen-bond acceptors (Lipinski definition) is 5. The molecule has 2 amide bonds. The van der Waals surface area contributed by atoms with Gasteiger partial charge in [0.25, 0.3) is 0 Å². The van der Waals surface area contributed by atoms with Crippen LogP contribution in [0.4, 0.5) is 10.6 Å². The lowest BCUT2D eigenvalue weighted by molar-refractivity contribution is 0.180. The topological polar surface area (TPSA) is 88.0 Å². The van der Waals surface area contributed by atoms with Crippen LogP contribution in [0.3, 0.4) is 0 Å². The number of pyridine rings is 2. The highest BCUT2D eigenvalue weighted by molar-refractivity contribution is 5.90. The second kappa shape index (κ2) is 9.87. The van der Waals surface area contributed by atoms with E-state index in [0.29, 0.717) is 11.9 Å². The second-order valence-electron chi connectivity index (χ2n) is 9.32. The molecule has 2 aliphatic rings. The fourth-order valence-corrected chi connectivity index (χ4v) is 5.05. The molecular formula is C25H33N7O. The third-order valence-electron chi connectivity index (χ3n) is 6.88. The average molecular weight is 448 g/mol. The molecule has 1 aliphatic carbocycles. The Hall–Kier alpha value is -3.00. The number of hydrogen-bond donors (Lipinski definition) is 2. The van der Waals surface area contributed by atoms with Crippen LogP contribution in [0.25, 0.3) is 22.2 Å². The fraction of sp³-hybridized carbons (Fsp3) is 0.520. The molecule has 0 atom stereocenters. The van der Waals surface area contributed by atoms with Crippen molar-refractivity contribution in [2.45, 2.75) is 64.0 Å². The number of aromatic nitrogens is 4. The molecule has 4 heterocycles. The van der Waals surface area contributed by atoms with Crippen molar-refractivity contribution in [2.75, 3.05) is 25.0 Å². The van der Waals surface area contributed by atoms with E-state index >= 15 is 0 Å². The van der Waals surface area contributed by atoms with Crippen molar-refractivity contribution in [1.29, 1.82) is 0 Å². The van der Waals surface area contributed by atoms with Crippen molar-refractivity contribution in [3.8, 4) is 11.1 Å². The van der Waals surface area contributed by atoms with Crippen LogP contribution in [-0.2, 0) is 0 Å². The number of nitrogens with zero attached hydrogens (tertiary/aromatic N) is 5. The van der Waals surface area contributed by atoms with Gasteiger partial charge in [0.05, 0.1) is 23.3 Å². The third kappa shape index (κ3) is 5.16. The number of carbonyl (C=O) groups is 1. The molecule has 0 bridgehead atoms. The van der Waals surface area contributed by atoms with E-state index in [4.69, 9.17) is 0 Å². The van der Waals surface area contributed by atoms with Crippen LogP contribution < -0.4 is 10.6 Å². The van der Waals surface area contributed by atoms with Gasteiger partial charge < -0.3 is 10.2 Å². The molecule has 174 valence electrons. The number of fused-ring (bicyclic) bond motifs is 1. The monoisotopic (exact) mass is 447 g/mol. The molecule has 1 saturated carbocycles. The Kier molecular flexibility index (Phi) is 6.53. The number of amides is 2. The van der Waals surface area contributed by atoms with Crippen molar-refractivity contribution in [2.24, 2.45) is 0 Å². The predicted octanol–water partition coefficient (Wildman–Crippen LogP) is 4.60. The molecule has 1 saturated heterocycles. The van der Waals surface area contributed by atoms with E-state index in [9.17, 15) is 4.79 Å². The molecule has 3 aromatic rings. The van der Waals surface area contributed by atoms with Gasteiger partial charge in [-0.3, -0.25) is 15.0 Å². The molecule has 0 radical (unpaired) electrons. The predicted molar refractivity (Wildman–Crippen MR) is 130 cm³/mol. The maximum absolute atomic E-state index is 12.3. The number of anilines is 1. The summed E-state index contributed by atoms with van der Waals surface area (Å²) in [4.78, 5) is 24.1. The lowest BCUT2D eigenvalue weighted by Gasteiger charge is -2.31. The molecule has 8 nitrogen and oxygen atoms in total. The number of urea groups is 1. The van der Waals surface area contributed by atoms with E-state index in [1.807, 2.05) is 24.5 Å². The Bertz CT molecular complexity index is 1100. The Morgan fingerprint density at radius 2 is 1.88 bits per heavy atom. The Morgan fingerprint density at radius 1 is 1.06 bits per heavy atom. The first-order valence-corrected chi connectivity index (χ1v) is 12.3. The molecular weight excluding hydrogens is 414 g/mol. The summed E-state index contributed by atoms with van der Waals surface area (Å²) in [5.74, 6) is 0.534. The van der Waals surface area contributed by atoms with Gasteiger partial charge in [-0.1, -0.05) is 19.8 Å². The highest BCUT2D eigenvalue weighted by Crippen LogP contribution is 2.27. The van der Waals surface area contributed by atoms with Gasteiger partial charge in [-0.25, -0.2) is 9.78 Å². The highest BCUT2D eigenvalue weighted by atomic mass is 16.2. The van der Waals surface area contributed by atoms with Crippen LogP contribution >= 0.6 is 0 Å². The van der Waals surface area contributed by atoms with Gasteiger partial charge in [0.15, 0.2) is 0 Å². The molecule has 5 rings (SSSR count). The minimum Gasteiger partial charge on any atom is -0.335 e. The largest absolute Gasteiger partial charge is 0.335 e. The minimum absolute atomic E-state index is 0.191. The van der Waals surface area contributed by atoms with E-state index in [1.165, 1.54) is 25.8 Å². The van der Waals surface area contributed by atoms with E-state index in [0.717, 1.165) is 60.9 Å². The molecule has 33 heavy (non-hydrogen) atoms. The molecule has 2 fully saturated rings. The summed E-state index contributed by atoms with van der Waals surface area (Å²) in [6.07, 6.45) is 13.9. The van der Waals surface area contributed by atoms with Crippen molar-refractivity contribution in [1.82, 2.24) is 30.0 Å². The number of piperidine rings is 1. The summed E-state index contributed by atoms with van der Waals surface area (Å²) in [5, 5.41) is 10.6. The molecule has 3 aromatic heterocycles. The van der Waals surface area contributed by atoms with Crippen molar-refractivity contribution in [3.05, 3.63) is 36.8 Å². The van der Waals surface area contributed by atoms with Crippen LogP contribution in [0.15, 0.2) is 36.8 Å². The fourth-order valence-electron chi connectivity index (χ4n) is 5.05. The standard InChI is InChI=1S/C25H33N7O/c1-2-11-31-12-9-21(10-13-31)32-17-19(16-27-32)18-14-23-22(26-15-18)7-8-24(29-23)30-25(33)28-20-5-3-4-6-20/h7-8,14-17,20-21H,2-6,9-13H2,1H3,(H2,28,29,30,33). The minimum atomic E-state index is -0.191. The van der Waals surface area contributed by atoms with Crippen LogP contribution in [0.1, 0.15) is 57.9 Å². The zero-order valence-electron chi connectivity index (χ0n) is 19.3. The normalized spacial score (nSPS) is 18.1. The summed E-state index contributed by atoms with van der Waals surface area (Å²) in [5.41, 5.74) is 3.58. The van der Waals surface area contributed by atoms with E-state index in [-0.39, 0.29) is 12.1 Å². The van der Waals surface area contributed by atoms with Gasteiger partial charge in [0.2, 0.25) is 0 Å². The zero-order chi connectivity index (χ0) is 22.6.